The van der Waals surface area contributed by atoms with Crippen LogP contribution in [0.15, 0.2) is 46.9 Å². The highest BCUT2D eigenvalue weighted by atomic mass is 32.2. The van der Waals surface area contributed by atoms with Crippen LogP contribution in [0.5, 0.6) is 5.75 Å². The number of halogens is 1. The van der Waals surface area contributed by atoms with E-state index >= 15 is 0 Å². The number of hydrogen-bond donors (Lipinski definition) is 1. The van der Waals surface area contributed by atoms with E-state index < -0.39 is 0 Å². The number of thiophene rings is 1. The van der Waals surface area contributed by atoms with Gasteiger partial charge < -0.3 is 15.5 Å². The Morgan fingerprint density at radius 2 is 2.11 bits per heavy atom. The number of carbonyl (C=O) groups is 1. The van der Waals surface area contributed by atoms with Crippen LogP contribution in [0.3, 0.4) is 0 Å². The summed E-state index contributed by atoms with van der Waals surface area (Å²) in [6, 6.07) is 9.60. The number of thioether (sulfide) groups is 1. The van der Waals surface area contributed by atoms with Crippen molar-refractivity contribution in [2.24, 2.45) is 0 Å². The Bertz CT molecular complexity index is 883. The predicted octanol–water partition coefficient (Wildman–Crippen LogP) is 2.52. The zero-order chi connectivity index (χ0) is 19.2. The Kier molecular flexibility index (Phi) is 6.30. The summed E-state index contributed by atoms with van der Waals surface area (Å²) in [5, 5.41) is 10.4. The highest BCUT2D eigenvalue weighted by Crippen LogP contribution is 2.18. The molecule has 10 heteroatoms. The van der Waals surface area contributed by atoms with E-state index in [-0.39, 0.29) is 24.1 Å². The normalized spacial score (nSPS) is 10.7. The average molecular weight is 407 g/mol. The van der Waals surface area contributed by atoms with E-state index in [4.69, 9.17) is 10.6 Å². The van der Waals surface area contributed by atoms with Gasteiger partial charge in [-0.3, -0.25) is 4.79 Å². The Balaban J connectivity index is 1.50. The van der Waals surface area contributed by atoms with Crippen LogP contribution < -0.4 is 10.6 Å². The second-order valence-electron chi connectivity index (χ2n) is 5.63. The van der Waals surface area contributed by atoms with Gasteiger partial charge in [0, 0.05) is 11.9 Å². The number of benzene rings is 1. The molecule has 0 fully saturated rings. The molecule has 0 saturated heterocycles. The van der Waals surface area contributed by atoms with Crippen LogP contribution in [0.2, 0.25) is 0 Å². The largest absolute Gasteiger partial charge is 0.486 e. The first-order valence-electron chi connectivity index (χ1n) is 8.00. The molecule has 0 atom stereocenters. The van der Waals surface area contributed by atoms with E-state index in [0.717, 1.165) is 4.88 Å². The molecule has 0 bridgehead atoms. The van der Waals surface area contributed by atoms with E-state index in [1.165, 1.54) is 40.7 Å². The molecule has 0 unspecified atom stereocenters. The Morgan fingerprint density at radius 1 is 1.33 bits per heavy atom. The standard InChI is InChI=1S/C17H18FN5O2S2/c1-22(9-14-3-2-8-26-14)16(24)11-27-17-21-20-15(23(17)19)10-25-13-6-4-12(18)5-7-13/h2-8H,9-11,19H2,1H3. The van der Waals surface area contributed by atoms with Gasteiger partial charge in [0.05, 0.1) is 12.3 Å². The fourth-order valence-corrected chi connectivity index (χ4v) is 3.72. The molecule has 0 aliphatic rings. The molecule has 2 N–H and O–H groups in total. The molecule has 27 heavy (non-hydrogen) atoms. The van der Waals surface area contributed by atoms with Gasteiger partial charge in [0.2, 0.25) is 11.1 Å². The fourth-order valence-electron chi connectivity index (χ4n) is 2.14. The van der Waals surface area contributed by atoms with Crippen molar-refractivity contribution in [3.8, 4) is 5.75 Å². The maximum atomic E-state index is 12.9. The highest BCUT2D eigenvalue weighted by molar-refractivity contribution is 7.99. The summed E-state index contributed by atoms with van der Waals surface area (Å²) in [5.74, 6) is 6.71. The molecule has 0 saturated carbocycles. The van der Waals surface area contributed by atoms with Crippen LogP contribution in [0, 0.1) is 5.82 Å². The number of hydrogen-bond acceptors (Lipinski definition) is 7. The summed E-state index contributed by atoms with van der Waals surface area (Å²) in [5.41, 5.74) is 0. The first-order valence-corrected chi connectivity index (χ1v) is 9.86. The number of nitrogens with zero attached hydrogens (tertiary/aromatic N) is 4. The highest BCUT2D eigenvalue weighted by Gasteiger charge is 2.15. The lowest BCUT2D eigenvalue weighted by Gasteiger charge is -2.15. The molecule has 2 heterocycles. The first kappa shape index (κ1) is 19.2. The van der Waals surface area contributed by atoms with Gasteiger partial charge in [0.25, 0.3) is 0 Å². The van der Waals surface area contributed by atoms with E-state index in [2.05, 4.69) is 10.2 Å². The Hall–Kier alpha value is -2.59. The van der Waals surface area contributed by atoms with Gasteiger partial charge in [-0.05, 0) is 35.7 Å². The van der Waals surface area contributed by atoms with Crippen molar-refractivity contribution in [3.05, 3.63) is 58.3 Å². The van der Waals surface area contributed by atoms with Gasteiger partial charge >= 0.3 is 0 Å². The molecule has 142 valence electrons. The van der Waals surface area contributed by atoms with Gasteiger partial charge in [0.15, 0.2) is 5.82 Å². The lowest BCUT2D eigenvalue weighted by molar-refractivity contribution is -0.127. The first-order chi connectivity index (χ1) is 13.0. The fraction of sp³-hybridized carbons (Fsp3) is 0.235. The lowest BCUT2D eigenvalue weighted by atomic mass is 10.3. The van der Waals surface area contributed by atoms with Crippen molar-refractivity contribution < 1.29 is 13.9 Å². The van der Waals surface area contributed by atoms with Crippen LogP contribution in [0.4, 0.5) is 4.39 Å². The van der Waals surface area contributed by atoms with Crippen LogP contribution >= 0.6 is 23.1 Å². The number of ether oxygens (including phenoxy) is 1. The summed E-state index contributed by atoms with van der Waals surface area (Å²) in [6.45, 7) is 0.658. The van der Waals surface area contributed by atoms with Crippen LogP contribution in [-0.2, 0) is 17.9 Å². The van der Waals surface area contributed by atoms with Crippen LogP contribution in [-0.4, -0.2) is 38.5 Å². The van der Waals surface area contributed by atoms with Gasteiger partial charge in [0.1, 0.15) is 18.2 Å². The molecular formula is C17H18FN5O2S2. The second kappa shape index (κ2) is 8.87. The van der Waals surface area contributed by atoms with E-state index in [1.54, 1.807) is 23.3 Å². The summed E-state index contributed by atoms with van der Waals surface area (Å²) >= 11 is 2.82. The van der Waals surface area contributed by atoms with Crippen molar-refractivity contribution in [2.75, 3.05) is 18.6 Å². The Morgan fingerprint density at radius 3 is 2.81 bits per heavy atom. The summed E-state index contributed by atoms with van der Waals surface area (Å²) in [6.07, 6.45) is 0. The van der Waals surface area contributed by atoms with Crippen LogP contribution in [0.25, 0.3) is 0 Å². The molecular weight excluding hydrogens is 389 g/mol. The molecule has 7 nitrogen and oxygen atoms in total. The minimum absolute atomic E-state index is 0.0273. The summed E-state index contributed by atoms with van der Waals surface area (Å²) in [7, 11) is 1.76. The molecule has 2 aromatic heterocycles. The molecule has 0 spiro atoms. The van der Waals surface area contributed by atoms with Crippen molar-refractivity contribution in [1.82, 2.24) is 19.8 Å². The minimum Gasteiger partial charge on any atom is -0.486 e. The third kappa shape index (κ3) is 5.20. The third-order valence-corrected chi connectivity index (χ3v) is 5.43. The molecule has 0 aliphatic heterocycles. The van der Waals surface area contributed by atoms with Crippen LogP contribution in [0.1, 0.15) is 10.7 Å². The smallest absolute Gasteiger partial charge is 0.233 e. The number of aromatic nitrogens is 3. The zero-order valence-corrected chi connectivity index (χ0v) is 16.2. The van der Waals surface area contributed by atoms with E-state index in [0.29, 0.717) is 23.3 Å². The van der Waals surface area contributed by atoms with Gasteiger partial charge in [-0.15, -0.1) is 21.5 Å². The number of carbonyl (C=O) groups excluding carboxylic acids is 1. The maximum Gasteiger partial charge on any atom is 0.233 e. The third-order valence-electron chi connectivity index (χ3n) is 3.64. The SMILES string of the molecule is CN(Cc1cccs1)C(=O)CSc1nnc(COc2ccc(F)cc2)n1N. The molecule has 3 aromatic rings. The second-order valence-corrected chi connectivity index (χ2v) is 7.60. The van der Waals surface area contributed by atoms with Crippen molar-refractivity contribution >= 4 is 29.0 Å². The number of nitrogens with two attached hydrogens (primary N) is 1. The van der Waals surface area contributed by atoms with Gasteiger partial charge in [-0.1, -0.05) is 17.8 Å². The van der Waals surface area contributed by atoms with Crippen molar-refractivity contribution in [2.45, 2.75) is 18.3 Å². The number of amides is 1. The lowest BCUT2D eigenvalue weighted by Crippen LogP contribution is -2.27. The van der Waals surface area contributed by atoms with E-state index in [9.17, 15) is 9.18 Å². The quantitative estimate of drug-likeness (QED) is 0.456. The molecule has 1 aromatic carbocycles. The molecule has 0 aliphatic carbocycles. The minimum atomic E-state index is -0.336. The maximum absolute atomic E-state index is 12.9. The summed E-state index contributed by atoms with van der Waals surface area (Å²) < 4.78 is 19.7. The monoisotopic (exact) mass is 407 g/mol. The van der Waals surface area contributed by atoms with Gasteiger partial charge in [-0.25, -0.2) is 9.07 Å². The van der Waals surface area contributed by atoms with E-state index in [1.807, 2.05) is 17.5 Å². The van der Waals surface area contributed by atoms with Gasteiger partial charge in [-0.2, -0.15) is 0 Å². The molecule has 3 rings (SSSR count). The number of nitrogen functional groups attached to an aromatic ring is 1. The summed E-state index contributed by atoms with van der Waals surface area (Å²) in [4.78, 5) is 15.0. The topological polar surface area (TPSA) is 86.3 Å². The zero-order valence-electron chi connectivity index (χ0n) is 14.5. The molecule has 0 radical (unpaired) electrons. The van der Waals surface area contributed by atoms with Crippen molar-refractivity contribution in [1.29, 1.82) is 0 Å². The Labute approximate surface area is 163 Å². The average Bonchev–Trinajstić information content (AvgIpc) is 3.29. The molecule has 1 amide bonds. The predicted molar refractivity (Wildman–Crippen MR) is 102 cm³/mol. The number of rotatable bonds is 8. The van der Waals surface area contributed by atoms with Crippen molar-refractivity contribution in [3.63, 3.8) is 0 Å².